The zero-order valence-corrected chi connectivity index (χ0v) is 46.7. The van der Waals surface area contributed by atoms with Crippen LogP contribution in [0.3, 0.4) is 0 Å². The number of halogens is 5. The van der Waals surface area contributed by atoms with Crippen LogP contribution in [0.2, 0.25) is 0 Å². The van der Waals surface area contributed by atoms with Gasteiger partial charge in [0.2, 0.25) is 11.9 Å². The van der Waals surface area contributed by atoms with Gasteiger partial charge >= 0.3 is 0 Å². The molecule has 0 saturated carbocycles. The molecule has 3 aliphatic rings. The Bertz CT molecular complexity index is 3050. The van der Waals surface area contributed by atoms with Crippen molar-refractivity contribution in [2.75, 3.05) is 29.4 Å². The summed E-state index contributed by atoms with van der Waals surface area (Å²) in [6.45, 7) is 14.9. The Labute approximate surface area is 446 Å². The number of unbranched alkanes of at least 4 members (excludes halogenated alkanes) is 1. The summed E-state index contributed by atoms with van der Waals surface area (Å²) in [6, 6.07) is 20.6. The molecule has 3 amide bonds. The molecule has 0 spiro atoms. The van der Waals surface area contributed by atoms with Gasteiger partial charge in [0.25, 0.3) is 36.8 Å². The van der Waals surface area contributed by atoms with Gasteiger partial charge in [-0.15, -0.1) is 0 Å². The Hall–Kier alpha value is -5.00. The van der Waals surface area contributed by atoms with Crippen LogP contribution >= 0.6 is 42.5 Å². The van der Waals surface area contributed by atoms with E-state index in [4.69, 9.17) is 21.4 Å². The number of anilines is 2. The second-order valence-electron chi connectivity index (χ2n) is 19.4. The van der Waals surface area contributed by atoms with Gasteiger partial charge < -0.3 is 15.5 Å². The van der Waals surface area contributed by atoms with E-state index in [9.17, 15) is 40.0 Å². The third kappa shape index (κ3) is 14.2. The lowest BCUT2D eigenvalue weighted by Gasteiger charge is -2.34. The molecule has 2 saturated heterocycles. The maximum Gasteiger partial charge on any atom is 0.281 e. The molecule has 1 unspecified atom stereocenters. The lowest BCUT2D eigenvalue weighted by Crippen LogP contribution is -2.41. The highest BCUT2D eigenvalue weighted by Gasteiger charge is 2.42. The van der Waals surface area contributed by atoms with Gasteiger partial charge in [0.15, 0.2) is 10.1 Å². The molecule has 7 heterocycles. The van der Waals surface area contributed by atoms with Gasteiger partial charge in [-0.05, 0) is 165 Å². The van der Waals surface area contributed by atoms with E-state index in [0.29, 0.717) is 41.1 Å². The van der Waals surface area contributed by atoms with E-state index in [1.165, 1.54) is 54.8 Å². The fraction of sp³-hybridized carbons (Fsp3) is 0.420. The molecular weight excluding hydrogens is 1140 g/mol. The molecule has 8 rings (SSSR count). The first kappa shape index (κ1) is 57.3. The maximum atomic E-state index is 13.5. The van der Waals surface area contributed by atoms with Gasteiger partial charge in [0, 0.05) is 53.0 Å². The van der Waals surface area contributed by atoms with Crippen LogP contribution < -0.4 is 20.3 Å². The quantitative estimate of drug-likeness (QED) is 0.0601. The lowest BCUT2D eigenvalue weighted by atomic mass is 9.93. The van der Waals surface area contributed by atoms with Crippen LogP contribution in [0.25, 0.3) is 0 Å². The largest absolute Gasteiger partial charge is 0.351 e. The summed E-state index contributed by atoms with van der Waals surface area (Å²) in [6.07, 6.45) is 7.23. The highest BCUT2D eigenvalue weighted by Crippen LogP contribution is 2.42. The van der Waals surface area contributed by atoms with Gasteiger partial charge in [-0.25, -0.2) is 33.1 Å². The van der Waals surface area contributed by atoms with Crippen LogP contribution in [0.5, 0.6) is 0 Å². The number of nitrogens with zero attached hydrogens (tertiary/aromatic N) is 7. The number of benzene rings is 1. The molecule has 73 heavy (non-hydrogen) atoms. The van der Waals surface area contributed by atoms with Crippen molar-refractivity contribution in [3.05, 3.63) is 128 Å². The number of imide groups is 1. The van der Waals surface area contributed by atoms with Crippen molar-refractivity contribution in [2.24, 2.45) is 17.6 Å². The van der Waals surface area contributed by atoms with E-state index >= 15 is 0 Å². The Kier molecular flexibility index (Phi) is 18.6. The van der Waals surface area contributed by atoms with Crippen LogP contribution in [0.15, 0.2) is 104 Å². The SMILES string of the molecule is CC1(C)C[C@H](CCCN2C(=O)c3ccccc3C2=O)CN1c1nc(Br)ccc1C(=O)NS(=O)(=O)c1cccc(F)n1.CCCC[C@@H]1CN(c2nc(Br)ccc2C(C)N)C(C)(C)C1.O=S(=O)(Cl)c1cccc(F)n1. The van der Waals surface area contributed by atoms with Crippen LogP contribution in [-0.4, -0.2) is 90.1 Å². The van der Waals surface area contributed by atoms with E-state index in [0.717, 1.165) is 65.6 Å². The molecule has 3 N–H and O–H groups in total. The summed E-state index contributed by atoms with van der Waals surface area (Å²) in [5, 5.41) is -1.09. The van der Waals surface area contributed by atoms with Crippen LogP contribution in [0.4, 0.5) is 20.4 Å². The van der Waals surface area contributed by atoms with Gasteiger partial charge in [0.05, 0.1) is 16.7 Å². The van der Waals surface area contributed by atoms with Gasteiger partial charge in [-0.2, -0.15) is 17.2 Å². The average molecular weight is 1190 g/mol. The predicted molar refractivity (Wildman–Crippen MR) is 282 cm³/mol. The number of pyridine rings is 4. The number of amides is 3. The Morgan fingerprint density at radius 2 is 1.23 bits per heavy atom. The van der Waals surface area contributed by atoms with E-state index < -0.39 is 52.5 Å². The highest BCUT2D eigenvalue weighted by atomic mass is 79.9. The average Bonchev–Trinajstić information content (AvgIpc) is 3.89. The Morgan fingerprint density at radius 1 is 0.740 bits per heavy atom. The molecule has 0 aliphatic carbocycles. The summed E-state index contributed by atoms with van der Waals surface area (Å²) in [5.41, 5.74) is 7.89. The lowest BCUT2D eigenvalue weighted by molar-refractivity contribution is 0.0649. The third-order valence-electron chi connectivity index (χ3n) is 12.8. The summed E-state index contributed by atoms with van der Waals surface area (Å²) in [4.78, 5) is 60.0. The molecule has 0 radical (unpaired) electrons. The molecule has 2 fully saturated rings. The zero-order chi connectivity index (χ0) is 53.6. The van der Waals surface area contributed by atoms with Crippen molar-refractivity contribution in [2.45, 2.75) is 114 Å². The minimum absolute atomic E-state index is 0.00564. The van der Waals surface area contributed by atoms with Crippen molar-refractivity contribution in [3.63, 3.8) is 0 Å². The van der Waals surface area contributed by atoms with Crippen molar-refractivity contribution in [3.8, 4) is 0 Å². The summed E-state index contributed by atoms with van der Waals surface area (Å²) in [5.74, 6) is -1.05. The van der Waals surface area contributed by atoms with Crippen molar-refractivity contribution >= 4 is 91.0 Å². The van der Waals surface area contributed by atoms with Crippen LogP contribution in [0, 0.1) is 23.7 Å². The summed E-state index contributed by atoms with van der Waals surface area (Å²) < 4.78 is 75.6. The number of hydrogen-bond acceptors (Lipinski definition) is 14. The van der Waals surface area contributed by atoms with Gasteiger partial charge in [0.1, 0.15) is 20.8 Å². The predicted octanol–water partition coefficient (Wildman–Crippen LogP) is 9.99. The second-order valence-corrected chi connectivity index (χ2v) is 25.2. The molecule has 3 aliphatic heterocycles. The first-order valence-corrected chi connectivity index (χ1v) is 29.0. The van der Waals surface area contributed by atoms with E-state index in [-0.39, 0.29) is 34.9 Å². The summed E-state index contributed by atoms with van der Waals surface area (Å²) in [7, 11) is -3.47. The normalized spacial score (nSPS) is 18.4. The van der Waals surface area contributed by atoms with Gasteiger partial charge in [-0.3, -0.25) is 19.3 Å². The molecule has 4 aromatic heterocycles. The van der Waals surface area contributed by atoms with Crippen molar-refractivity contribution in [1.82, 2.24) is 29.6 Å². The molecule has 23 heteroatoms. The highest BCUT2D eigenvalue weighted by molar-refractivity contribution is 9.10. The fourth-order valence-corrected chi connectivity index (χ4v) is 11.7. The Balaban J connectivity index is 0.000000224. The first-order chi connectivity index (χ1) is 34.2. The summed E-state index contributed by atoms with van der Waals surface area (Å²) >= 11 is 6.85. The number of rotatable bonds is 14. The van der Waals surface area contributed by atoms with Crippen LogP contribution in [0.1, 0.15) is 129 Å². The molecule has 5 aromatic rings. The monoisotopic (exact) mass is 1190 g/mol. The number of sulfonamides is 1. The van der Waals surface area contributed by atoms with Crippen molar-refractivity contribution in [1.29, 1.82) is 0 Å². The topological polar surface area (TPSA) is 219 Å². The third-order valence-corrected chi connectivity index (χ3v) is 16.2. The Morgan fingerprint density at radius 3 is 1.74 bits per heavy atom. The fourth-order valence-electron chi connectivity index (χ4n) is 9.49. The number of fused-ring (bicyclic) bond motifs is 1. The minimum atomic E-state index is -4.44. The second kappa shape index (κ2) is 23.7. The smallest absolute Gasteiger partial charge is 0.281 e. The maximum absolute atomic E-state index is 13.5. The van der Waals surface area contributed by atoms with E-state index in [1.54, 1.807) is 24.3 Å². The number of carbonyl (C=O) groups excluding carboxylic acids is 3. The number of nitrogens with two attached hydrogens (primary N) is 1. The molecule has 392 valence electrons. The standard InChI is InChI=1S/C28H27BrFN5O5S.C17H28BrN3.C5H3ClFNO2S/c1-28(2)15-17(7-6-14-34-26(37)18-8-3-4-9-19(18)27(34)38)16-35(28)24-20(12-13-21(29)31-24)25(36)33-41(39,40)23-11-5-10-22(30)32-23;1-5-6-7-13-10-17(3,4)21(11-13)16-14(12(2)19)8-9-15(18)20-16;6-11(9,10)5-3-1-2-4(7)8-5/h3-5,8-13,17H,6-7,14-16H2,1-2H3,(H,33,36);8-9,12-13H,5-7,10-11,19H2,1-4H3;1-3H/t17-;12?,13-;/m00./s1. The van der Waals surface area contributed by atoms with Crippen molar-refractivity contribution < 1.29 is 40.0 Å². The number of nitrogens with one attached hydrogen (secondary N) is 1. The number of aromatic nitrogens is 4. The van der Waals surface area contributed by atoms with E-state index in [1.807, 2.05) is 36.5 Å². The molecule has 0 bridgehead atoms. The number of carbonyl (C=O) groups is 3. The van der Waals surface area contributed by atoms with Gasteiger partial charge in [-0.1, -0.05) is 50.1 Å². The molecule has 16 nitrogen and oxygen atoms in total. The molecule has 1 aromatic carbocycles. The zero-order valence-electron chi connectivity index (χ0n) is 41.2. The first-order valence-electron chi connectivity index (χ1n) is 23.6. The van der Waals surface area contributed by atoms with E-state index in [2.05, 4.69) is 78.5 Å². The van der Waals surface area contributed by atoms with Crippen LogP contribution in [-0.2, 0) is 19.1 Å². The number of hydrogen-bond donors (Lipinski definition) is 2. The molecule has 3 atom stereocenters. The minimum Gasteiger partial charge on any atom is -0.351 e. The molecular formula is C50H58Br2ClF2N9O7S2.